The highest BCUT2D eigenvalue weighted by Gasteiger charge is 2.23. The maximum Gasteiger partial charge on any atom is 0.0377 e. The van der Waals surface area contributed by atoms with Gasteiger partial charge < -0.3 is 5.32 Å². The Morgan fingerprint density at radius 1 is 1.10 bits per heavy atom. The van der Waals surface area contributed by atoms with Crippen molar-refractivity contribution in [1.82, 2.24) is 0 Å². The summed E-state index contributed by atoms with van der Waals surface area (Å²) >= 11 is 0. The summed E-state index contributed by atoms with van der Waals surface area (Å²) in [4.78, 5) is 0. The minimum absolute atomic E-state index is 0.591. The Morgan fingerprint density at radius 3 is 2.55 bits per heavy atom. The maximum atomic E-state index is 3.83. The minimum Gasteiger partial charge on any atom is -0.382 e. The maximum absolute atomic E-state index is 3.83. The fourth-order valence-electron chi connectivity index (χ4n) is 3.65. The van der Waals surface area contributed by atoms with Gasteiger partial charge in [0.2, 0.25) is 0 Å². The lowest BCUT2D eigenvalue weighted by Gasteiger charge is -2.32. The molecule has 0 radical (unpaired) electrons. The molecule has 0 heterocycles. The lowest BCUT2D eigenvalue weighted by Crippen LogP contribution is -2.28. The second kappa shape index (κ2) is 7.15. The molecule has 112 valence electrons. The Bertz CT molecular complexity index is 408. The van der Waals surface area contributed by atoms with Gasteiger partial charge in [-0.05, 0) is 48.6 Å². The van der Waals surface area contributed by atoms with Crippen molar-refractivity contribution in [2.24, 2.45) is 11.8 Å². The predicted octanol–water partition coefficient (Wildman–Crippen LogP) is 5.83. The quantitative estimate of drug-likeness (QED) is 0.712. The van der Waals surface area contributed by atoms with E-state index < -0.39 is 0 Å². The van der Waals surface area contributed by atoms with E-state index in [0.717, 1.165) is 11.8 Å². The van der Waals surface area contributed by atoms with Crippen LogP contribution in [-0.4, -0.2) is 6.04 Å². The van der Waals surface area contributed by atoms with Crippen molar-refractivity contribution in [3.05, 3.63) is 29.8 Å². The normalized spacial score (nSPS) is 23.3. The zero-order chi connectivity index (χ0) is 14.5. The molecule has 1 N–H and O–H groups in total. The standard InChI is InChI=1S/C19H31N/c1-14(2)12-16-8-7-9-17(13-16)20-19-11-6-5-10-18(19)15(3)4/h5-6,10-11,14-17,20H,7-9,12-13H2,1-4H3. The van der Waals surface area contributed by atoms with Crippen molar-refractivity contribution in [2.45, 2.75) is 71.8 Å². The molecule has 1 aromatic rings. The lowest BCUT2D eigenvalue weighted by molar-refractivity contribution is 0.289. The third-order valence-electron chi connectivity index (χ3n) is 4.53. The van der Waals surface area contributed by atoms with E-state index in [1.807, 2.05) is 0 Å². The van der Waals surface area contributed by atoms with Gasteiger partial charge in [0.25, 0.3) is 0 Å². The van der Waals surface area contributed by atoms with Crippen molar-refractivity contribution < 1.29 is 0 Å². The zero-order valence-electron chi connectivity index (χ0n) is 13.7. The largest absolute Gasteiger partial charge is 0.382 e. The summed E-state index contributed by atoms with van der Waals surface area (Å²) in [6.07, 6.45) is 6.90. The molecule has 0 saturated heterocycles. The Kier molecular flexibility index (Phi) is 5.51. The summed E-state index contributed by atoms with van der Waals surface area (Å²) in [5, 5.41) is 3.83. The van der Waals surface area contributed by atoms with E-state index in [4.69, 9.17) is 0 Å². The van der Waals surface area contributed by atoms with Crippen molar-refractivity contribution in [1.29, 1.82) is 0 Å². The van der Waals surface area contributed by atoms with Crippen LogP contribution in [0.15, 0.2) is 24.3 Å². The Morgan fingerprint density at radius 2 is 1.85 bits per heavy atom. The molecule has 1 aliphatic rings. The van der Waals surface area contributed by atoms with Crippen LogP contribution in [0.25, 0.3) is 0 Å². The fraction of sp³-hybridized carbons (Fsp3) is 0.684. The Balaban J connectivity index is 1.99. The van der Waals surface area contributed by atoms with Crippen LogP contribution in [0.3, 0.4) is 0 Å². The highest BCUT2D eigenvalue weighted by molar-refractivity contribution is 5.53. The first-order chi connectivity index (χ1) is 9.56. The Hall–Kier alpha value is -0.980. The number of hydrogen-bond donors (Lipinski definition) is 1. The highest BCUT2D eigenvalue weighted by Crippen LogP contribution is 2.32. The van der Waals surface area contributed by atoms with Crippen LogP contribution in [-0.2, 0) is 0 Å². The molecule has 0 aliphatic heterocycles. The molecule has 2 rings (SSSR count). The van der Waals surface area contributed by atoms with E-state index in [1.165, 1.54) is 43.4 Å². The van der Waals surface area contributed by atoms with Crippen molar-refractivity contribution in [3.8, 4) is 0 Å². The van der Waals surface area contributed by atoms with Crippen LogP contribution in [0.1, 0.15) is 71.3 Å². The van der Waals surface area contributed by atoms with Gasteiger partial charge in [0.15, 0.2) is 0 Å². The number of anilines is 1. The van der Waals surface area contributed by atoms with Crippen molar-refractivity contribution in [2.75, 3.05) is 5.32 Å². The van der Waals surface area contributed by atoms with E-state index in [-0.39, 0.29) is 0 Å². The fourth-order valence-corrected chi connectivity index (χ4v) is 3.65. The topological polar surface area (TPSA) is 12.0 Å². The van der Waals surface area contributed by atoms with Crippen LogP contribution in [0.4, 0.5) is 5.69 Å². The van der Waals surface area contributed by atoms with Gasteiger partial charge in [-0.25, -0.2) is 0 Å². The van der Waals surface area contributed by atoms with Crippen molar-refractivity contribution >= 4 is 5.69 Å². The van der Waals surface area contributed by atoms with Gasteiger partial charge in [-0.2, -0.15) is 0 Å². The summed E-state index contributed by atoms with van der Waals surface area (Å²) in [5.41, 5.74) is 2.82. The number of hydrogen-bond acceptors (Lipinski definition) is 1. The second-order valence-electron chi connectivity index (χ2n) is 7.25. The van der Waals surface area contributed by atoms with Crippen molar-refractivity contribution in [3.63, 3.8) is 0 Å². The first-order valence-electron chi connectivity index (χ1n) is 8.41. The summed E-state index contributed by atoms with van der Waals surface area (Å²) in [5.74, 6) is 2.35. The second-order valence-corrected chi connectivity index (χ2v) is 7.25. The van der Waals surface area contributed by atoms with Crippen LogP contribution < -0.4 is 5.32 Å². The smallest absolute Gasteiger partial charge is 0.0377 e. The van der Waals surface area contributed by atoms with Crippen LogP contribution in [0, 0.1) is 11.8 Å². The van der Waals surface area contributed by atoms with Gasteiger partial charge in [0.05, 0.1) is 0 Å². The average molecular weight is 273 g/mol. The first kappa shape index (κ1) is 15.4. The van der Waals surface area contributed by atoms with Crippen LogP contribution >= 0.6 is 0 Å². The summed E-state index contributed by atoms with van der Waals surface area (Å²) in [7, 11) is 0. The van der Waals surface area contributed by atoms with Gasteiger partial charge in [-0.15, -0.1) is 0 Å². The lowest BCUT2D eigenvalue weighted by atomic mass is 9.81. The molecule has 0 aromatic heterocycles. The molecule has 1 fully saturated rings. The Labute approximate surface area is 125 Å². The minimum atomic E-state index is 0.591. The van der Waals surface area contributed by atoms with E-state index in [2.05, 4.69) is 57.3 Å². The molecule has 2 atom stereocenters. The molecule has 2 unspecified atom stereocenters. The van der Waals surface area contributed by atoms with E-state index in [9.17, 15) is 0 Å². The van der Waals surface area contributed by atoms with Gasteiger partial charge >= 0.3 is 0 Å². The van der Waals surface area contributed by atoms with Gasteiger partial charge in [0.1, 0.15) is 0 Å². The van der Waals surface area contributed by atoms with Gasteiger partial charge in [0, 0.05) is 11.7 Å². The monoisotopic (exact) mass is 273 g/mol. The molecule has 1 saturated carbocycles. The van der Waals surface area contributed by atoms with Crippen LogP contribution in [0.5, 0.6) is 0 Å². The molecular formula is C19H31N. The third-order valence-corrected chi connectivity index (χ3v) is 4.53. The van der Waals surface area contributed by atoms with Gasteiger partial charge in [-0.1, -0.05) is 58.7 Å². The molecule has 0 bridgehead atoms. The highest BCUT2D eigenvalue weighted by atomic mass is 14.9. The van der Waals surface area contributed by atoms with E-state index >= 15 is 0 Å². The molecule has 1 nitrogen and oxygen atoms in total. The van der Waals surface area contributed by atoms with E-state index in [1.54, 1.807) is 0 Å². The molecule has 0 amide bonds. The third kappa shape index (κ3) is 4.26. The first-order valence-corrected chi connectivity index (χ1v) is 8.41. The molecule has 1 aliphatic carbocycles. The summed E-state index contributed by atoms with van der Waals surface area (Å²) < 4.78 is 0. The SMILES string of the molecule is CC(C)CC1CCCC(Nc2ccccc2C(C)C)C1. The summed E-state index contributed by atoms with van der Waals surface area (Å²) in [6.45, 7) is 9.27. The molecule has 1 aromatic carbocycles. The number of nitrogens with one attached hydrogen (secondary N) is 1. The number of rotatable bonds is 5. The number of para-hydroxylation sites is 1. The average Bonchev–Trinajstić information content (AvgIpc) is 2.38. The molecule has 1 heteroatoms. The summed E-state index contributed by atoms with van der Waals surface area (Å²) in [6, 6.07) is 9.50. The van der Waals surface area contributed by atoms with Gasteiger partial charge in [-0.3, -0.25) is 0 Å². The molecule has 0 spiro atoms. The molecule has 20 heavy (non-hydrogen) atoms. The van der Waals surface area contributed by atoms with Crippen LogP contribution in [0.2, 0.25) is 0 Å². The van der Waals surface area contributed by atoms with E-state index in [0.29, 0.717) is 12.0 Å². The predicted molar refractivity (Wildman–Crippen MR) is 89.4 cm³/mol. The number of benzene rings is 1. The molecular weight excluding hydrogens is 242 g/mol. The zero-order valence-corrected chi connectivity index (χ0v) is 13.7.